The van der Waals surface area contributed by atoms with Crippen LogP contribution >= 0.6 is 11.3 Å². The number of fused-ring (bicyclic) bond motifs is 1. The zero-order valence-corrected chi connectivity index (χ0v) is 16.0. The van der Waals surface area contributed by atoms with Crippen LogP contribution in [0.25, 0.3) is 10.2 Å². The largest absolute Gasteiger partial charge is 0.379 e. The number of anilines is 1. The topological polar surface area (TPSA) is 88.4 Å². The summed E-state index contributed by atoms with van der Waals surface area (Å²) in [6.07, 6.45) is 2.17. The van der Waals surface area contributed by atoms with E-state index in [0.717, 1.165) is 34.6 Å². The molecule has 3 aromatic rings. The predicted octanol–water partition coefficient (Wildman–Crippen LogP) is 4.37. The first-order valence-corrected chi connectivity index (χ1v) is 10.1. The van der Waals surface area contributed by atoms with E-state index >= 15 is 0 Å². The summed E-state index contributed by atoms with van der Waals surface area (Å²) >= 11 is 1.65. The van der Waals surface area contributed by atoms with E-state index in [9.17, 15) is 14.9 Å². The molecule has 1 fully saturated rings. The molecule has 1 aliphatic rings. The first-order chi connectivity index (χ1) is 13.6. The highest BCUT2D eigenvalue weighted by Gasteiger charge is 2.31. The van der Waals surface area contributed by atoms with Crippen LogP contribution < -0.4 is 5.32 Å². The standard InChI is InChI=1S/C20H20N4O3S/c25-19(11-12-21-14-6-1-3-8-16(14)24(26)27)23-13-5-9-17(23)20-22-15-7-2-4-10-18(15)28-20/h1-4,6-8,10,17,21H,5,9,11-13H2. The molecule has 144 valence electrons. The lowest BCUT2D eigenvalue weighted by Gasteiger charge is -2.23. The second kappa shape index (κ2) is 7.93. The highest BCUT2D eigenvalue weighted by Crippen LogP contribution is 2.36. The molecule has 1 saturated heterocycles. The number of benzene rings is 2. The van der Waals surface area contributed by atoms with Crippen LogP contribution in [0.15, 0.2) is 48.5 Å². The van der Waals surface area contributed by atoms with Crippen molar-refractivity contribution in [2.24, 2.45) is 0 Å². The van der Waals surface area contributed by atoms with E-state index in [4.69, 9.17) is 4.98 Å². The van der Waals surface area contributed by atoms with Crippen LogP contribution in [0.4, 0.5) is 11.4 Å². The normalized spacial score (nSPS) is 16.4. The fourth-order valence-corrected chi connectivity index (χ4v) is 4.70. The molecule has 28 heavy (non-hydrogen) atoms. The quantitative estimate of drug-likeness (QED) is 0.494. The summed E-state index contributed by atoms with van der Waals surface area (Å²) in [5.41, 5.74) is 1.42. The van der Waals surface area contributed by atoms with Gasteiger partial charge in [-0.3, -0.25) is 14.9 Å². The number of aromatic nitrogens is 1. The SMILES string of the molecule is O=C(CCNc1ccccc1[N+](=O)[O-])N1CCCC1c1nc2ccccc2s1. The van der Waals surface area contributed by atoms with E-state index in [1.54, 1.807) is 29.5 Å². The molecule has 0 aliphatic carbocycles. The van der Waals surface area contributed by atoms with Gasteiger partial charge < -0.3 is 10.2 Å². The van der Waals surface area contributed by atoms with Crippen LogP contribution in [0.3, 0.4) is 0 Å². The van der Waals surface area contributed by atoms with E-state index in [1.807, 2.05) is 29.2 Å². The van der Waals surface area contributed by atoms with E-state index in [2.05, 4.69) is 5.32 Å². The predicted molar refractivity (Wildman–Crippen MR) is 110 cm³/mol. The smallest absolute Gasteiger partial charge is 0.292 e. The zero-order chi connectivity index (χ0) is 19.5. The first-order valence-electron chi connectivity index (χ1n) is 9.26. The van der Waals surface area contributed by atoms with E-state index in [1.165, 1.54) is 6.07 Å². The van der Waals surface area contributed by atoms with Crippen molar-refractivity contribution in [3.05, 3.63) is 63.7 Å². The minimum absolute atomic E-state index is 0.0171. The maximum Gasteiger partial charge on any atom is 0.292 e. The Hall–Kier alpha value is -3.00. The number of nitrogens with one attached hydrogen (secondary N) is 1. The van der Waals surface area contributed by atoms with Crippen molar-refractivity contribution in [3.63, 3.8) is 0 Å². The van der Waals surface area contributed by atoms with Gasteiger partial charge in [-0.15, -0.1) is 11.3 Å². The van der Waals surface area contributed by atoms with Gasteiger partial charge in [0.2, 0.25) is 5.91 Å². The van der Waals surface area contributed by atoms with Gasteiger partial charge in [0.25, 0.3) is 5.69 Å². The summed E-state index contributed by atoms with van der Waals surface area (Å²) in [5, 5.41) is 15.1. The second-order valence-electron chi connectivity index (χ2n) is 6.72. The number of nitrogens with zero attached hydrogens (tertiary/aromatic N) is 3. The molecule has 2 aromatic carbocycles. The fourth-order valence-electron chi connectivity index (χ4n) is 3.58. The molecule has 1 amide bonds. The third-order valence-electron chi connectivity index (χ3n) is 4.92. The Kier molecular flexibility index (Phi) is 5.21. The Labute approximate surface area is 166 Å². The third-order valence-corrected chi connectivity index (χ3v) is 6.06. The maximum atomic E-state index is 12.8. The number of carbonyl (C=O) groups excluding carboxylic acids is 1. The molecule has 1 unspecified atom stereocenters. The van der Waals surface area contributed by atoms with Crippen LogP contribution in [0.5, 0.6) is 0 Å². The molecular formula is C20H20N4O3S. The minimum Gasteiger partial charge on any atom is -0.379 e. The molecular weight excluding hydrogens is 376 g/mol. The maximum absolute atomic E-state index is 12.8. The number of nitro groups is 1. The zero-order valence-electron chi connectivity index (χ0n) is 15.2. The summed E-state index contributed by atoms with van der Waals surface area (Å²) in [7, 11) is 0. The lowest BCUT2D eigenvalue weighted by Crippen LogP contribution is -2.31. The number of rotatable bonds is 6. The Morgan fingerprint density at radius 2 is 2.04 bits per heavy atom. The lowest BCUT2D eigenvalue weighted by molar-refractivity contribution is -0.384. The van der Waals surface area contributed by atoms with E-state index < -0.39 is 4.92 Å². The molecule has 4 rings (SSSR count). The highest BCUT2D eigenvalue weighted by molar-refractivity contribution is 7.18. The number of likely N-dealkylation sites (tertiary alicyclic amines) is 1. The summed E-state index contributed by atoms with van der Waals surface area (Å²) in [5.74, 6) is 0.0489. The van der Waals surface area contributed by atoms with Crippen molar-refractivity contribution in [1.82, 2.24) is 9.88 Å². The number of para-hydroxylation sites is 3. The Bertz CT molecular complexity index is 986. The summed E-state index contributed by atoms with van der Waals surface area (Å²) < 4.78 is 1.13. The fraction of sp³-hybridized carbons (Fsp3) is 0.300. The van der Waals surface area contributed by atoms with Crippen LogP contribution in [-0.4, -0.2) is 33.8 Å². The van der Waals surface area contributed by atoms with Crippen molar-refractivity contribution in [2.45, 2.75) is 25.3 Å². The first kappa shape index (κ1) is 18.4. The average molecular weight is 396 g/mol. The molecule has 0 saturated carbocycles. The number of nitro benzene ring substituents is 1. The molecule has 8 heteroatoms. The van der Waals surface area contributed by atoms with Crippen LogP contribution in [0.1, 0.15) is 30.3 Å². The van der Waals surface area contributed by atoms with Gasteiger partial charge in [0.15, 0.2) is 0 Å². The molecule has 1 atom stereocenters. The molecule has 1 aliphatic heterocycles. The second-order valence-corrected chi connectivity index (χ2v) is 7.78. The molecule has 0 radical (unpaired) electrons. The molecule has 1 N–H and O–H groups in total. The van der Waals surface area contributed by atoms with Gasteiger partial charge in [-0.1, -0.05) is 24.3 Å². The van der Waals surface area contributed by atoms with E-state index in [-0.39, 0.29) is 24.1 Å². The molecule has 0 spiro atoms. The van der Waals surface area contributed by atoms with Crippen molar-refractivity contribution < 1.29 is 9.72 Å². The summed E-state index contributed by atoms with van der Waals surface area (Å²) in [6, 6.07) is 14.5. The number of carbonyl (C=O) groups is 1. The number of hydrogen-bond acceptors (Lipinski definition) is 6. The lowest BCUT2D eigenvalue weighted by atomic mass is 10.2. The molecule has 1 aromatic heterocycles. The monoisotopic (exact) mass is 396 g/mol. The van der Waals surface area contributed by atoms with Gasteiger partial charge in [0.05, 0.1) is 21.2 Å². The molecule has 2 heterocycles. The van der Waals surface area contributed by atoms with Crippen LogP contribution in [0.2, 0.25) is 0 Å². The van der Waals surface area contributed by atoms with Crippen LogP contribution in [0, 0.1) is 10.1 Å². The Balaban J connectivity index is 1.41. The number of amides is 1. The average Bonchev–Trinajstić information content (AvgIpc) is 3.34. The Morgan fingerprint density at radius 3 is 2.86 bits per heavy atom. The highest BCUT2D eigenvalue weighted by atomic mass is 32.1. The van der Waals surface area contributed by atoms with Crippen molar-refractivity contribution >= 4 is 38.8 Å². The number of hydrogen-bond donors (Lipinski definition) is 1. The van der Waals surface area contributed by atoms with Gasteiger partial charge in [0, 0.05) is 25.6 Å². The summed E-state index contributed by atoms with van der Waals surface area (Å²) in [6.45, 7) is 1.08. The van der Waals surface area contributed by atoms with Crippen LogP contribution in [-0.2, 0) is 4.79 Å². The van der Waals surface area contributed by atoms with Gasteiger partial charge in [-0.25, -0.2) is 4.98 Å². The van der Waals surface area contributed by atoms with Gasteiger partial charge in [0.1, 0.15) is 10.7 Å². The van der Waals surface area contributed by atoms with Crippen molar-refractivity contribution in [3.8, 4) is 0 Å². The van der Waals surface area contributed by atoms with Gasteiger partial charge in [-0.2, -0.15) is 0 Å². The van der Waals surface area contributed by atoms with Gasteiger partial charge in [-0.05, 0) is 31.0 Å². The molecule has 7 nitrogen and oxygen atoms in total. The third kappa shape index (κ3) is 3.68. The number of thiazole rings is 1. The Morgan fingerprint density at radius 1 is 1.25 bits per heavy atom. The molecule has 0 bridgehead atoms. The minimum atomic E-state index is -0.423. The van der Waals surface area contributed by atoms with Crippen molar-refractivity contribution in [2.75, 3.05) is 18.4 Å². The van der Waals surface area contributed by atoms with Gasteiger partial charge >= 0.3 is 0 Å². The van der Waals surface area contributed by atoms with Crippen molar-refractivity contribution in [1.29, 1.82) is 0 Å². The van der Waals surface area contributed by atoms with E-state index in [0.29, 0.717) is 12.2 Å². The summed E-state index contributed by atoms with van der Waals surface area (Å²) in [4.78, 5) is 30.1.